The van der Waals surface area contributed by atoms with Crippen molar-refractivity contribution in [2.75, 3.05) is 7.11 Å². The number of aliphatic hydroxyl groups is 2. The van der Waals surface area contributed by atoms with Gasteiger partial charge in [0.15, 0.2) is 0 Å². The van der Waals surface area contributed by atoms with E-state index in [1.54, 1.807) is 0 Å². The van der Waals surface area contributed by atoms with Gasteiger partial charge in [0.1, 0.15) is 0 Å². The fraction of sp³-hybridized carbons (Fsp3) is 0.609. The van der Waals surface area contributed by atoms with Gasteiger partial charge in [-0.15, -0.1) is 11.6 Å². The molecule has 1 aliphatic carbocycles. The third-order valence-corrected chi connectivity index (χ3v) is 6.16. The minimum Gasteiger partial charge on any atom is -0.469 e. The Morgan fingerprint density at radius 1 is 1.29 bits per heavy atom. The highest BCUT2D eigenvalue weighted by atomic mass is 35.5. The molecule has 0 aliphatic heterocycles. The summed E-state index contributed by atoms with van der Waals surface area (Å²) in [7, 11) is 1.40. The van der Waals surface area contributed by atoms with Crippen LogP contribution in [0, 0.1) is 11.8 Å². The Kier molecular flexibility index (Phi) is 9.00. The number of benzene rings is 1. The normalized spacial score (nSPS) is 26.1. The van der Waals surface area contributed by atoms with E-state index in [1.807, 2.05) is 38.1 Å². The third-order valence-electron chi connectivity index (χ3n) is 5.66. The molecule has 2 rings (SSSR count). The average Bonchev–Trinajstić information content (AvgIpc) is 2.96. The first kappa shape index (κ1) is 22.9. The standard InChI is InChI=1S/C23H33ClO4/c1-15(2)23(27)17-12-10-16(11-13-17)22-18(19(24)14-20(22)25)8-6-4-5-7-9-21(26)28-3/h4,6,10-13,15,18-20,22-23,25,27H,5,7-9,14H2,1-3H3/b6-4+. The summed E-state index contributed by atoms with van der Waals surface area (Å²) in [5.41, 5.74) is 1.97. The molecule has 4 nitrogen and oxygen atoms in total. The molecule has 1 aromatic rings. The van der Waals surface area contributed by atoms with E-state index in [9.17, 15) is 15.0 Å². The quantitative estimate of drug-likeness (QED) is 0.268. The fourth-order valence-corrected chi connectivity index (χ4v) is 4.41. The first-order chi connectivity index (χ1) is 13.3. The van der Waals surface area contributed by atoms with E-state index in [0.717, 1.165) is 30.4 Å². The second-order valence-corrected chi connectivity index (χ2v) is 8.60. The van der Waals surface area contributed by atoms with Gasteiger partial charge in [-0.05, 0) is 48.6 Å². The first-order valence-electron chi connectivity index (χ1n) is 10.2. The molecule has 0 spiro atoms. The Labute approximate surface area is 173 Å². The van der Waals surface area contributed by atoms with Gasteiger partial charge < -0.3 is 14.9 Å². The van der Waals surface area contributed by atoms with Gasteiger partial charge in [-0.25, -0.2) is 0 Å². The number of esters is 1. The predicted octanol–water partition coefficient (Wildman–Crippen LogP) is 4.74. The summed E-state index contributed by atoms with van der Waals surface area (Å²) in [5, 5.41) is 20.7. The van der Waals surface area contributed by atoms with Crippen LogP contribution in [0.1, 0.15) is 69.1 Å². The van der Waals surface area contributed by atoms with E-state index in [0.29, 0.717) is 12.8 Å². The molecule has 0 amide bonds. The predicted molar refractivity (Wildman–Crippen MR) is 112 cm³/mol. The van der Waals surface area contributed by atoms with Gasteiger partial charge in [0.25, 0.3) is 0 Å². The van der Waals surface area contributed by atoms with E-state index in [4.69, 9.17) is 11.6 Å². The SMILES string of the molecule is COC(=O)CCC/C=C/CC1C(Cl)CC(O)C1c1ccc(C(O)C(C)C)cc1. The number of rotatable bonds is 9. The summed E-state index contributed by atoms with van der Waals surface area (Å²) in [6.45, 7) is 3.98. The molecular formula is C23H33ClO4. The number of carbonyl (C=O) groups is 1. The van der Waals surface area contributed by atoms with Gasteiger partial charge in [-0.1, -0.05) is 50.3 Å². The number of halogens is 1. The molecule has 1 fully saturated rings. The Bertz CT molecular complexity index is 641. The van der Waals surface area contributed by atoms with Crippen molar-refractivity contribution in [1.29, 1.82) is 0 Å². The molecule has 0 heterocycles. The molecule has 2 N–H and O–H groups in total. The lowest BCUT2D eigenvalue weighted by atomic mass is 9.84. The maximum atomic E-state index is 11.1. The van der Waals surface area contributed by atoms with Crippen LogP contribution in [-0.2, 0) is 9.53 Å². The molecule has 1 saturated carbocycles. The number of hydrogen-bond donors (Lipinski definition) is 2. The van der Waals surface area contributed by atoms with Crippen molar-refractivity contribution >= 4 is 17.6 Å². The number of alkyl halides is 1. The van der Waals surface area contributed by atoms with Gasteiger partial charge in [0.05, 0.1) is 19.3 Å². The number of ether oxygens (including phenoxy) is 1. The Morgan fingerprint density at radius 2 is 1.96 bits per heavy atom. The van der Waals surface area contributed by atoms with Crippen LogP contribution in [0.15, 0.2) is 36.4 Å². The van der Waals surface area contributed by atoms with Crippen LogP contribution in [-0.4, -0.2) is 34.8 Å². The fourth-order valence-electron chi connectivity index (χ4n) is 3.96. The molecule has 5 heteroatoms. The molecule has 156 valence electrons. The molecule has 0 aromatic heterocycles. The number of unbranched alkanes of at least 4 members (excludes halogenated alkanes) is 1. The van der Waals surface area contributed by atoms with Crippen molar-refractivity contribution in [2.45, 2.75) is 69.5 Å². The second-order valence-electron chi connectivity index (χ2n) is 8.04. The van der Waals surface area contributed by atoms with Crippen LogP contribution >= 0.6 is 11.6 Å². The molecule has 1 aromatic carbocycles. The summed E-state index contributed by atoms with van der Waals surface area (Å²) in [4.78, 5) is 11.1. The van der Waals surface area contributed by atoms with Gasteiger partial charge >= 0.3 is 5.97 Å². The Morgan fingerprint density at radius 3 is 2.57 bits per heavy atom. The molecular weight excluding hydrogens is 376 g/mol. The summed E-state index contributed by atoms with van der Waals surface area (Å²) >= 11 is 6.55. The van der Waals surface area contributed by atoms with Crippen LogP contribution in [0.4, 0.5) is 0 Å². The van der Waals surface area contributed by atoms with Gasteiger partial charge in [0, 0.05) is 17.7 Å². The number of hydrogen-bond acceptors (Lipinski definition) is 4. The highest BCUT2D eigenvalue weighted by Crippen LogP contribution is 2.45. The lowest BCUT2D eigenvalue weighted by molar-refractivity contribution is -0.140. The summed E-state index contributed by atoms with van der Waals surface area (Å²) in [6.07, 6.45) is 6.66. The number of carbonyl (C=O) groups excluding carboxylic acids is 1. The second kappa shape index (κ2) is 11.0. The van der Waals surface area contributed by atoms with Crippen LogP contribution in [0.25, 0.3) is 0 Å². The van der Waals surface area contributed by atoms with Crippen molar-refractivity contribution < 1.29 is 19.7 Å². The topological polar surface area (TPSA) is 66.8 Å². The minimum absolute atomic E-state index is 0.00698. The van der Waals surface area contributed by atoms with Crippen LogP contribution in [0.3, 0.4) is 0 Å². The molecule has 0 bridgehead atoms. The van der Waals surface area contributed by atoms with E-state index in [-0.39, 0.29) is 29.1 Å². The van der Waals surface area contributed by atoms with E-state index in [2.05, 4.69) is 16.9 Å². The summed E-state index contributed by atoms with van der Waals surface area (Å²) < 4.78 is 4.64. The van der Waals surface area contributed by atoms with Gasteiger partial charge in [-0.3, -0.25) is 4.79 Å². The molecule has 0 saturated heterocycles. The maximum Gasteiger partial charge on any atom is 0.305 e. The highest BCUT2D eigenvalue weighted by Gasteiger charge is 2.41. The molecule has 1 aliphatic rings. The average molecular weight is 409 g/mol. The highest BCUT2D eigenvalue weighted by molar-refractivity contribution is 6.21. The number of methoxy groups -OCH3 is 1. The monoisotopic (exact) mass is 408 g/mol. The Hall–Kier alpha value is -1.36. The van der Waals surface area contributed by atoms with Crippen LogP contribution < -0.4 is 0 Å². The van der Waals surface area contributed by atoms with E-state index < -0.39 is 12.2 Å². The van der Waals surface area contributed by atoms with Gasteiger partial charge in [0.2, 0.25) is 0 Å². The third kappa shape index (κ3) is 6.07. The van der Waals surface area contributed by atoms with Gasteiger partial charge in [-0.2, -0.15) is 0 Å². The summed E-state index contributed by atoms with van der Waals surface area (Å²) in [6, 6.07) is 7.93. The largest absolute Gasteiger partial charge is 0.469 e. The molecule has 5 atom stereocenters. The van der Waals surface area contributed by atoms with Crippen molar-refractivity contribution in [3.05, 3.63) is 47.5 Å². The number of allylic oxidation sites excluding steroid dienone is 2. The van der Waals surface area contributed by atoms with Crippen LogP contribution in [0.2, 0.25) is 0 Å². The van der Waals surface area contributed by atoms with E-state index in [1.165, 1.54) is 7.11 Å². The molecule has 28 heavy (non-hydrogen) atoms. The lowest BCUT2D eigenvalue weighted by Crippen LogP contribution is -2.18. The summed E-state index contributed by atoms with van der Waals surface area (Å²) in [5.74, 6) is 0.133. The van der Waals surface area contributed by atoms with Crippen molar-refractivity contribution in [3.63, 3.8) is 0 Å². The zero-order valence-electron chi connectivity index (χ0n) is 17.1. The van der Waals surface area contributed by atoms with Crippen molar-refractivity contribution in [2.24, 2.45) is 11.8 Å². The first-order valence-corrected chi connectivity index (χ1v) is 10.6. The van der Waals surface area contributed by atoms with Crippen LogP contribution in [0.5, 0.6) is 0 Å². The van der Waals surface area contributed by atoms with Crippen molar-refractivity contribution in [3.8, 4) is 0 Å². The molecule has 0 radical (unpaired) electrons. The number of aliphatic hydroxyl groups excluding tert-OH is 2. The minimum atomic E-state index is -0.480. The Balaban J connectivity index is 1.98. The zero-order chi connectivity index (χ0) is 20.7. The lowest BCUT2D eigenvalue weighted by Gasteiger charge is -2.24. The van der Waals surface area contributed by atoms with E-state index >= 15 is 0 Å². The maximum absolute atomic E-state index is 11.1. The zero-order valence-corrected chi connectivity index (χ0v) is 17.8. The molecule has 5 unspecified atom stereocenters. The van der Waals surface area contributed by atoms with Crippen molar-refractivity contribution in [1.82, 2.24) is 0 Å². The smallest absolute Gasteiger partial charge is 0.305 e.